The first-order chi connectivity index (χ1) is 10.2. The van der Waals surface area contributed by atoms with Crippen LogP contribution >= 0.6 is 0 Å². The van der Waals surface area contributed by atoms with Gasteiger partial charge in [-0.2, -0.15) is 4.98 Å². The van der Waals surface area contributed by atoms with Crippen molar-refractivity contribution in [2.24, 2.45) is 0 Å². The average molecular weight is 294 g/mol. The summed E-state index contributed by atoms with van der Waals surface area (Å²) in [7, 11) is 0. The molecule has 1 saturated carbocycles. The molecule has 6 heteroatoms. The Morgan fingerprint density at radius 3 is 2.43 bits per heavy atom. The number of ether oxygens (including phenoxy) is 1. The molecule has 1 aromatic rings. The highest BCUT2D eigenvalue weighted by molar-refractivity contribution is 5.72. The van der Waals surface area contributed by atoms with Crippen molar-refractivity contribution in [2.45, 2.75) is 75.9 Å². The van der Waals surface area contributed by atoms with Gasteiger partial charge in [0.05, 0.1) is 0 Å². The summed E-state index contributed by atoms with van der Waals surface area (Å²) in [5.74, 6) is 0.668. The van der Waals surface area contributed by atoms with Gasteiger partial charge < -0.3 is 14.4 Å². The number of hydrogen-bond donors (Lipinski definition) is 1. The molecule has 21 heavy (non-hydrogen) atoms. The van der Waals surface area contributed by atoms with E-state index in [1.807, 2.05) is 0 Å². The summed E-state index contributed by atoms with van der Waals surface area (Å²) in [4.78, 5) is 15.4. The fourth-order valence-electron chi connectivity index (χ4n) is 3.26. The molecule has 0 bridgehead atoms. The number of carboxylic acids is 1. The van der Waals surface area contributed by atoms with Gasteiger partial charge >= 0.3 is 5.97 Å². The highest BCUT2D eigenvalue weighted by atomic mass is 16.5. The lowest BCUT2D eigenvalue weighted by Crippen LogP contribution is -2.18. The third-order valence-electron chi connectivity index (χ3n) is 4.50. The summed E-state index contributed by atoms with van der Waals surface area (Å²) in [5, 5.41) is 13.1. The van der Waals surface area contributed by atoms with E-state index in [-0.39, 0.29) is 6.10 Å². The molecule has 2 aliphatic rings. The minimum absolute atomic E-state index is 0.360. The molecule has 1 aromatic heterocycles. The molecule has 1 saturated heterocycles. The molecular weight excluding hydrogens is 272 g/mol. The first-order valence-corrected chi connectivity index (χ1v) is 7.96. The molecule has 2 heterocycles. The Balaban J connectivity index is 1.64. The minimum Gasteiger partial charge on any atom is -0.479 e. The Morgan fingerprint density at radius 2 is 1.76 bits per heavy atom. The van der Waals surface area contributed by atoms with Crippen LogP contribution in [-0.4, -0.2) is 27.3 Å². The lowest BCUT2D eigenvalue weighted by Gasteiger charge is -2.15. The van der Waals surface area contributed by atoms with E-state index in [0.717, 1.165) is 18.7 Å². The third kappa shape index (κ3) is 3.43. The zero-order chi connectivity index (χ0) is 14.7. The molecule has 6 nitrogen and oxygen atoms in total. The Labute approximate surface area is 123 Å². The van der Waals surface area contributed by atoms with Gasteiger partial charge in [-0.1, -0.05) is 37.3 Å². The van der Waals surface area contributed by atoms with Crippen LogP contribution in [0.25, 0.3) is 0 Å². The molecule has 2 fully saturated rings. The first kappa shape index (κ1) is 14.5. The normalized spacial score (nSPS) is 28.2. The highest BCUT2D eigenvalue weighted by Gasteiger charge is 2.35. The molecule has 3 rings (SSSR count). The highest BCUT2D eigenvalue weighted by Crippen LogP contribution is 2.34. The molecular formula is C15H22N2O4. The van der Waals surface area contributed by atoms with Crippen LogP contribution in [0.4, 0.5) is 0 Å². The van der Waals surface area contributed by atoms with Gasteiger partial charge in [-0.05, 0) is 25.7 Å². The maximum absolute atomic E-state index is 10.9. The number of nitrogens with zero attached hydrogens (tertiary/aromatic N) is 2. The monoisotopic (exact) mass is 294 g/mol. The molecule has 2 unspecified atom stereocenters. The lowest BCUT2D eigenvalue weighted by molar-refractivity contribution is -0.150. The van der Waals surface area contributed by atoms with Crippen LogP contribution in [0.3, 0.4) is 0 Å². The quantitative estimate of drug-likeness (QED) is 0.921. The van der Waals surface area contributed by atoms with Crippen LogP contribution in [0.1, 0.15) is 81.5 Å². The second kappa shape index (κ2) is 6.56. The Bertz CT molecular complexity index is 480. The van der Waals surface area contributed by atoms with E-state index in [0.29, 0.717) is 24.7 Å². The van der Waals surface area contributed by atoms with E-state index in [1.165, 1.54) is 32.1 Å². The van der Waals surface area contributed by atoms with Crippen LogP contribution in [0.15, 0.2) is 4.52 Å². The first-order valence-electron chi connectivity index (χ1n) is 7.96. The Morgan fingerprint density at radius 1 is 1.05 bits per heavy atom. The summed E-state index contributed by atoms with van der Waals surface area (Å²) >= 11 is 0. The molecule has 0 spiro atoms. The molecule has 1 N–H and O–H groups in total. The lowest BCUT2D eigenvalue weighted by atomic mass is 9.91. The van der Waals surface area contributed by atoms with E-state index < -0.39 is 12.1 Å². The van der Waals surface area contributed by atoms with Gasteiger partial charge in [0.15, 0.2) is 11.9 Å². The van der Waals surface area contributed by atoms with Crippen LogP contribution in [0.2, 0.25) is 0 Å². The van der Waals surface area contributed by atoms with Crippen molar-refractivity contribution < 1.29 is 19.2 Å². The van der Waals surface area contributed by atoms with Gasteiger partial charge in [-0.25, -0.2) is 4.79 Å². The largest absolute Gasteiger partial charge is 0.479 e. The molecule has 1 aliphatic carbocycles. The van der Waals surface area contributed by atoms with Crippen LogP contribution in [-0.2, 0) is 9.53 Å². The predicted octanol–water partition coefficient (Wildman–Crippen LogP) is 3.20. The number of hydrogen-bond acceptors (Lipinski definition) is 5. The Kier molecular flexibility index (Phi) is 4.53. The van der Waals surface area contributed by atoms with E-state index in [2.05, 4.69) is 10.1 Å². The van der Waals surface area contributed by atoms with Crippen molar-refractivity contribution in [3.63, 3.8) is 0 Å². The zero-order valence-electron chi connectivity index (χ0n) is 12.2. The average Bonchev–Trinajstić information content (AvgIpc) is 3.07. The molecule has 116 valence electrons. The minimum atomic E-state index is -0.919. The Hall–Kier alpha value is -1.43. The van der Waals surface area contributed by atoms with Crippen molar-refractivity contribution in [3.8, 4) is 0 Å². The molecule has 0 amide bonds. The third-order valence-corrected chi connectivity index (χ3v) is 4.50. The van der Waals surface area contributed by atoms with E-state index in [4.69, 9.17) is 14.4 Å². The summed E-state index contributed by atoms with van der Waals surface area (Å²) < 4.78 is 10.8. The van der Waals surface area contributed by atoms with Crippen LogP contribution in [0, 0.1) is 0 Å². The van der Waals surface area contributed by atoms with Crippen LogP contribution < -0.4 is 0 Å². The fraction of sp³-hybridized carbons (Fsp3) is 0.800. The van der Waals surface area contributed by atoms with E-state index in [9.17, 15) is 4.79 Å². The SMILES string of the molecule is O=C(O)C1CCC(c2nc(C3CCCCCCC3)no2)O1. The van der Waals surface area contributed by atoms with Crippen molar-refractivity contribution in [1.29, 1.82) is 0 Å². The van der Waals surface area contributed by atoms with E-state index in [1.54, 1.807) is 0 Å². The number of aliphatic carboxylic acids is 1. The van der Waals surface area contributed by atoms with E-state index >= 15 is 0 Å². The number of carboxylic acid groups (broad SMARTS) is 1. The summed E-state index contributed by atoms with van der Waals surface area (Å²) in [5.41, 5.74) is 0. The topological polar surface area (TPSA) is 85.5 Å². The zero-order valence-corrected chi connectivity index (χ0v) is 12.2. The van der Waals surface area contributed by atoms with Gasteiger partial charge in [0.1, 0.15) is 6.10 Å². The standard InChI is InChI=1S/C15H22N2O4/c18-15(19)12-9-8-11(20-12)14-16-13(17-21-14)10-6-4-2-1-3-5-7-10/h10-12H,1-9H2,(H,18,19). The van der Waals surface area contributed by atoms with Crippen molar-refractivity contribution in [1.82, 2.24) is 10.1 Å². The van der Waals surface area contributed by atoms with Gasteiger partial charge in [-0.15, -0.1) is 0 Å². The molecule has 0 aromatic carbocycles. The van der Waals surface area contributed by atoms with Gasteiger partial charge in [-0.3, -0.25) is 0 Å². The molecule has 1 aliphatic heterocycles. The van der Waals surface area contributed by atoms with Crippen molar-refractivity contribution >= 4 is 5.97 Å². The van der Waals surface area contributed by atoms with Crippen molar-refractivity contribution in [3.05, 3.63) is 11.7 Å². The summed E-state index contributed by atoms with van der Waals surface area (Å²) in [6.45, 7) is 0. The maximum Gasteiger partial charge on any atom is 0.332 e. The molecule has 0 radical (unpaired) electrons. The second-order valence-corrected chi connectivity index (χ2v) is 6.06. The van der Waals surface area contributed by atoms with Gasteiger partial charge in [0, 0.05) is 5.92 Å². The number of carbonyl (C=O) groups is 1. The fourth-order valence-corrected chi connectivity index (χ4v) is 3.26. The van der Waals surface area contributed by atoms with Gasteiger partial charge in [0.2, 0.25) is 0 Å². The number of aromatic nitrogens is 2. The van der Waals surface area contributed by atoms with Crippen LogP contribution in [0.5, 0.6) is 0 Å². The summed E-state index contributed by atoms with van der Waals surface area (Å²) in [6.07, 6.45) is 8.59. The maximum atomic E-state index is 10.9. The van der Waals surface area contributed by atoms with Gasteiger partial charge in [0.25, 0.3) is 5.89 Å². The predicted molar refractivity (Wildman–Crippen MR) is 73.8 cm³/mol. The smallest absolute Gasteiger partial charge is 0.332 e. The molecule has 2 atom stereocenters. The summed E-state index contributed by atoms with van der Waals surface area (Å²) in [6, 6.07) is 0. The number of rotatable bonds is 3. The van der Waals surface area contributed by atoms with Crippen molar-refractivity contribution in [2.75, 3.05) is 0 Å². The second-order valence-electron chi connectivity index (χ2n) is 6.06.